The van der Waals surface area contributed by atoms with E-state index in [4.69, 9.17) is 16.0 Å². The van der Waals surface area contributed by atoms with Gasteiger partial charge in [-0.25, -0.2) is 0 Å². The van der Waals surface area contributed by atoms with E-state index in [0.717, 1.165) is 18.4 Å². The fraction of sp³-hybridized carbons (Fsp3) is 0.526. The van der Waals surface area contributed by atoms with E-state index in [1.54, 1.807) is 12.1 Å². The number of hydrogen-bond acceptors (Lipinski definition) is 5. The van der Waals surface area contributed by atoms with Crippen molar-refractivity contribution in [2.24, 2.45) is 5.92 Å². The van der Waals surface area contributed by atoms with Crippen molar-refractivity contribution >= 4 is 29.3 Å². The molecule has 1 aromatic carbocycles. The fourth-order valence-corrected chi connectivity index (χ4v) is 4.20. The molecule has 7 heteroatoms. The van der Waals surface area contributed by atoms with E-state index < -0.39 is 0 Å². The molecule has 5 nitrogen and oxygen atoms in total. The van der Waals surface area contributed by atoms with Gasteiger partial charge in [0.15, 0.2) is 0 Å². The van der Waals surface area contributed by atoms with E-state index in [9.17, 15) is 4.79 Å². The van der Waals surface area contributed by atoms with Crippen LogP contribution in [0.15, 0.2) is 33.9 Å². The summed E-state index contributed by atoms with van der Waals surface area (Å²) >= 11 is 7.34. The van der Waals surface area contributed by atoms with Crippen molar-refractivity contribution in [1.29, 1.82) is 0 Å². The van der Waals surface area contributed by atoms with Gasteiger partial charge in [-0.15, -0.1) is 10.2 Å². The van der Waals surface area contributed by atoms with Crippen molar-refractivity contribution in [1.82, 2.24) is 15.5 Å². The summed E-state index contributed by atoms with van der Waals surface area (Å²) in [4.78, 5) is 12.7. The molecule has 1 saturated carbocycles. The smallest absolute Gasteiger partial charge is 0.277 e. The lowest BCUT2D eigenvalue weighted by atomic mass is 9.95. The standard InChI is InChI=1S/C19H24ClN3O2S/c1-12(2)16(17(24)21-15-9-4-3-5-10-15)26-19-23-22-18(25-19)13-7-6-8-14(20)11-13/h6-8,11-12,15-16H,3-5,9-10H2,1-2H3,(H,21,24). The van der Waals surface area contributed by atoms with Crippen LogP contribution in [-0.4, -0.2) is 27.4 Å². The highest BCUT2D eigenvalue weighted by molar-refractivity contribution is 8.00. The lowest BCUT2D eigenvalue weighted by Gasteiger charge is -2.26. The number of aromatic nitrogens is 2. The predicted octanol–water partition coefficient (Wildman–Crippen LogP) is 4.96. The molecular formula is C19H24ClN3O2S. The molecule has 1 aromatic heterocycles. The third-order valence-electron chi connectivity index (χ3n) is 4.52. The maximum absolute atomic E-state index is 12.7. The minimum atomic E-state index is -0.260. The molecule has 0 bridgehead atoms. The molecule has 26 heavy (non-hydrogen) atoms. The number of rotatable bonds is 6. The minimum Gasteiger partial charge on any atom is -0.411 e. The molecule has 1 fully saturated rings. The molecule has 0 radical (unpaired) electrons. The van der Waals surface area contributed by atoms with Gasteiger partial charge in [0.1, 0.15) is 0 Å². The summed E-state index contributed by atoms with van der Waals surface area (Å²) in [6, 6.07) is 7.57. The van der Waals surface area contributed by atoms with Gasteiger partial charge in [-0.3, -0.25) is 4.79 Å². The summed E-state index contributed by atoms with van der Waals surface area (Å²) in [5, 5.41) is 12.1. The maximum Gasteiger partial charge on any atom is 0.277 e. The molecule has 1 aliphatic carbocycles. The van der Waals surface area contributed by atoms with Crippen LogP contribution in [0.1, 0.15) is 46.0 Å². The van der Waals surface area contributed by atoms with Crippen LogP contribution in [0.4, 0.5) is 0 Å². The first kappa shape index (κ1) is 19.2. The Balaban J connectivity index is 1.67. The van der Waals surface area contributed by atoms with Crippen molar-refractivity contribution in [3.63, 3.8) is 0 Å². The second kappa shape index (κ2) is 8.91. The van der Waals surface area contributed by atoms with E-state index in [1.165, 1.54) is 31.0 Å². The zero-order valence-corrected chi connectivity index (χ0v) is 16.6. The van der Waals surface area contributed by atoms with Crippen LogP contribution in [-0.2, 0) is 4.79 Å². The first-order valence-corrected chi connectivity index (χ1v) is 10.3. The van der Waals surface area contributed by atoms with Crippen LogP contribution in [0.3, 0.4) is 0 Å². The Bertz CT molecular complexity index is 744. The van der Waals surface area contributed by atoms with Crippen molar-refractivity contribution in [2.75, 3.05) is 0 Å². The predicted molar refractivity (Wildman–Crippen MR) is 104 cm³/mol. The number of thioether (sulfide) groups is 1. The van der Waals surface area contributed by atoms with Crippen molar-refractivity contribution in [2.45, 2.75) is 62.5 Å². The van der Waals surface area contributed by atoms with E-state index in [-0.39, 0.29) is 17.1 Å². The molecular weight excluding hydrogens is 370 g/mol. The molecule has 1 unspecified atom stereocenters. The monoisotopic (exact) mass is 393 g/mol. The quantitative estimate of drug-likeness (QED) is 0.703. The van der Waals surface area contributed by atoms with Crippen molar-refractivity contribution in [3.05, 3.63) is 29.3 Å². The van der Waals surface area contributed by atoms with Gasteiger partial charge in [0.2, 0.25) is 11.8 Å². The topological polar surface area (TPSA) is 68.0 Å². The van der Waals surface area contributed by atoms with Gasteiger partial charge in [-0.05, 0) is 37.0 Å². The van der Waals surface area contributed by atoms with E-state index in [0.29, 0.717) is 22.2 Å². The molecule has 0 aliphatic heterocycles. The summed E-state index contributed by atoms with van der Waals surface area (Å²) in [6.45, 7) is 4.07. The minimum absolute atomic E-state index is 0.0550. The number of nitrogens with zero attached hydrogens (tertiary/aromatic N) is 2. The van der Waals surface area contributed by atoms with Crippen LogP contribution in [0.5, 0.6) is 0 Å². The van der Waals surface area contributed by atoms with Gasteiger partial charge in [-0.1, -0.05) is 62.5 Å². The molecule has 140 valence electrons. The molecule has 1 N–H and O–H groups in total. The summed E-state index contributed by atoms with van der Waals surface area (Å²) < 4.78 is 5.75. The lowest BCUT2D eigenvalue weighted by molar-refractivity contribution is -0.122. The molecule has 1 heterocycles. The number of carbonyl (C=O) groups excluding carboxylic acids is 1. The number of nitrogens with one attached hydrogen (secondary N) is 1. The fourth-order valence-electron chi connectivity index (χ4n) is 3.13. The molecule has 1 atom stereocenters. The average Bonchev–Trinajstić information content (AvgIpc) is 3.09. The summed E-state index contributed by atoms with van der Waals surface area (Å²) in [5.74, 6) is 0.620. The Morgan fingerprint density at radius 2 is 2.04 bits per heavy atom. The largest absolute Gasteiger partial charge is 0.411 e. The second-order valence-electron chi connectivity index (χ2n) is 7.01. The number of carbonyl (C=O) groups is 1. The Morgan fingerprint density at radius 1 is 1.27 bits per heavy atom. The van der Waals surface area contributed by atoms with Crippen LogP contribution in [0, 0.1) is 5.92 Å². The SMILES string of the molecule is CC(C)C(Sc1nnc(-c2cccc(Cl)c2)o1)C(=O)NC1CCCCC1. The van der Waals surface area contributed by atoms with Crippen molar-refractivity contribution < 1.29 is 9.21 Å². The van der Waals surface area contributed by atoms with E-state index in [1.807, 2.05) is 26.0 Å². The molecule has 0 saturated heterocycles. The Kier molecular flexibility index (Phi) is 6.59. The van der Waals surface area contributed by atoms with Crippen LogP contribution in [0.25, 0.3) is 11.5 Å². The normalized spacial score (nSPS) is 16.6. The molecule has 1 aliphatic rings. The highest BCUT2D eigenvalue weighted by Gasteiger charge is 2.28. The van der Waals surface area contributed by atoms with Gasteiger partial charge in [0.05, 0.1) is 5.25 Å². The van der Waals surface area contributed by atoms with E-state index in [2.05, 4.69) is 15.5 Å². The Labute approximate surface area is 163 Å². The summed E-state index contributed by atoms with van der Waals surface area (Å²) in [7, 11) is 0. The van der Waals surface area contributed by atoms with Gasteiger partial charge in [0, 0.05) is 16.6 Å². The van der Waals surface area contributed by atoms with Crippen molar-refractivity contribution in [3.8, 4) is 11.5 Å². The van der Waals surface area contributed by atoms with Gasteiger partial charge in [0.25, 0.3) is 5.22 Å². The molecule has 3 rings (SSSR count). The molecule has 1 amide bonds. The molecule has 0 spiro atoms. The number of benzene rings is 1. The zero-order chi connectivity index (χ0) is 18.5. The number of hydrogen-bond donors (Lipinski definition) is 1. The van der Waals surface area contributed by atoms with Gasteiger partial charge < -0.3 is 9.73 Å². The Hall–Kier alpha value is -1.53. The average molecular weight is 394 g/mol. The van der Waals surface area contributed by atoms with Crippen LogP contribution >= 0.6 is 23.4 Å². The number of amides is 1. The maximum atomic E-state index is 12.7. The van der Waals surface area contributed by atoms with Gasteiger partial charge in [-0.2, -0.15) is 0 Å². The third kappa shape index (κ3) is 5.01. The molecule has 2 aromatic rings. The third-order valence-corrected chi connectivity index (χ3v) is 6.14. The summed E-state index contributed by atoms with van der Waals surface area (Å²) in [6.07, 6.45) is 5.79. The van der Waals surface area contributed by atoms with Crippen LogP contribution in [0.2, 0.25) is 5.02 Å². The highest BCUT2D eigenvalue weighted by Crippen LogP contribution is 2.31. The summed E-state index contributed by atoms with van der Waals surface area (Å²) in [5.41, 5.74) is 0.768. The lowest BCUT2D eigenvalue weighted by Crippen LogP contribution is -2.42. The first-order chi connectivity index (χ1) is 12.5. The first-order valence-electron chi connectivity index (χ1n) is 9.09. The Morgan fingerprint density at radius 3 is 2.73 bits per heavy atom. The van der Waals surface area contributed by atoms with Gasteiger partial charge >= 0.3 is 0 Å². The zero-order valence-electron chi connectivity index (χ0n) is 15.1. The van der Waals surface area contributed by atoms with E-state index >= 15 is 0 Å². The van der Waals surface area contributed by atoms with Crippen LogP contribution < -0.4 is 5.32 Å². The number of halogens is 1. The second-order valence-corrected chi connectivity index (χ2v) is 8.54. The highest BCUT2D eigenvalue weighted by atomic mass is 35.5.